The van der Waals surface area contributed by atoms with Crippen molar-refractivity contribution in [3.05, 3.63) is 59.7 Å². The van der Waals surface area contributed by atoms with Crippen LogP contribution in [0, 0.1) is 0 Å². The predicted octanol–water partition coefficient (Wildman–Crippen LogP) is 3.98. The van der Waals surface area contributed by atoms with Crippen molar-refractivity contribution in [3.8, 4) is 0 Å². The number of esters is 1. The number of hydrogen-bond donors (Lipinski definition) is 1. The average molecular weight is 422 g/mol. The fraction of sp³-hybridized carbons (Fsp3) is 0.333. The maximum Gasteiger partial charge on any atom is 0.338 e. The first kappa shape index (κ1) is 22.2. The number of nitrogens with one attached hydrogen (secondary N) is 1. The Balaban J connectivity index is 1.62. The van der Waals surface area contributed by atoms with Crippen molar-refractivity contribution in [1.82, 2.24) is 0 Å². The molecule has 0 radical (unpaired) electrons. The van der Waals surface area contributed by atoms with Crippen molar-refractivity contribution < 1.29 is 23.9 Å². The first-order valence-electron chi connectivity index (χ1n) is 10.4. The lowest BCUT2D eigenvalue weighted by atomic mass is 10.1. The molecule has 1 N–H and O–H groups in total. The van der Waals surface area contributed by atoms with Gasteiger partial charge >= 0.3 is 5.97 Å². The number of ketones is 1. The van der Waals surface area contributed by atoms with Crippen LogP contribution in [0.25, 0.3) is 0 Å². The summed E-state index contributed by atoms with van der Waals surface area (Å²) in [5.41, 5.74) is 1.92. The Hall–Kier alpha value is -3.48. The van der Waals surface area contributed by atoms with Gasteiger partial charge in [-0.15, -0.1) is 0 Å². The smallest absolute Gasteiger partial charge is 0.338 e. The van der Waals surface area contributed by atoms with Crippen molar-refractivity contribution in [2.24, 2.45) is 0 Å². The molecule has 1 saturated heterocycles. The quantitative estimate of drug-likeness (QED) is 0.513. The van der Waals surface area contributed by atoms with E-state index in [-0.39, 0.29) is 23.2 Å². The first-order valence-corrected chi connectivity index (χ1v) is 10.4. The minimum absolute atomic E-state index is 0.0309. The van der Waals surface area contributed by atoms with Crippen LogP contribution in [0.2, 0.25) is 0 Å². The Labute approximate surface area is 181 Å². The van der Waals surface area contributed by atoms with Crippen molar-refractivity contribution in [3.63, 3.8) is 0 Å². The van der Waals surface area contributed by atoms with E-state index in [2.05, 4.69) is 5.32 Å². The number of rotatable bonds is 8. The highest BCUT2D eigenvalue weighted by Gasteiger charge is 2.24. The molecule has 7 heteroatoms. The Bertz CT molecular complexity index is 984. The average Bonchev–Trinajstić information content (AvgIpc) is 3.20. The van der Waals surface area contributed by atoms with E-state index in [9.17, 15) is 19.2 Å². The molecule has 0 aliphatic carbocycles. The zero-order valence-corrected chi connectivity index (χ0v) is 17.7. The van der Waals surface area contributed by atoms with Crippen LogP contribution in [0.1, 0.15) is 60.2 Å². The second-order valence-electron chi connectivity index (χ2n) is 7.49. The Morgan fingerprint density at radius 2 is 1.84 bits per heavy atom. The molecule has 2 aromatic rings. The molecule has 0 saturated carbocycles. The summed E-state index contributed by atoms with van der Waals surface area (Å²) < 4.78 is 5.36. The van der Waals surface area contributed by atoms with Crippen molar-refractivity contribution in [2.75, 3.05) is 16.8 Å². The second-order valence-corrected chi connectivity index (χ2v) is 7.49. The Kier molecular flexibility index (Phi) is 7.18. The van der Waals surface area contributed by atoms with Crippen LogP contribution >= 0.6 is 0 Å². The Morgan fingerprint density at radius 3 is 2.48 bits per heavy atom. The topological polar surface area (TPSA) is 92.8 Å². The molecule has 1 heterocycles. The minimum Gasteiger partial charge on any atom is -0.451 e. The molecule has 0 spiro atoms. The zero-order chi connectivity index (χ0) is 22.4. The SMILES string of the molecule is CCCC(=O)Nc1ccc(C(=O)[C@@H](C)OC(=O)c2cccc(N3CCCC3=O)c2)cc1. The van der Waals surface area contributed by atoms with Gasteiger partial charge in [0, 0.05) is 36.3 Å². The summed E-state index contributed by atoms with van der Waals surface area (Å²) in [5, 5.41) is 2.76. The molecule has 31 heavy (non-hydrogen) atoms. The molecule has 0 bridgehead atoms. The van der Waals surface area contributed by atoms with Crippen molar-refractivity contribution in [2.45, 2.75) is 45.6 Å². The summed E-state index contributed by atoms with van der Waals surface area (Å²) in [6.07, 6.45) is 1.50. The molecule has 1 atom stereocenters. The Morgan fingerprint density at radius 1 is 1.10 bits per heavy atom. The van der Waals surface area contributed by atoms with Gasteiger partial charge in [0.1, 0.15) is 0 Å². The lowest BCUT2D eigenvalue weighted by Crippen LogP contribution is -2.26. The zero-order valence-electron chi connectivity index (χ0n) is 17.7. The van der Waals surface area contributed by atoms with E-state index in [4.69, 9.17) is 4.74 Å². The molecule has 2 amide bonds. The fourth-order valence-corrected chi connectivity index (χ4v) is 3.41. The number of Topliss-reactive ketones (excluding diaryl/α,β-unsaturated/α-hetero) is 1. The first-order chi connectivity index (χ1) is 14.9. The normalized spacial score (nSPS) is 14.3. The standard InChI is InChI=1S/C24H26N2O5/c1-3-6-21(27)25-19-12-10-17(11-13-19)23(29)16(2)31-24(30)18-7-4-8-20(15-18)26-14-5-9-22(26)28/h4,7-8,10-13,15-16H,3,5-6,9,14H2,1-2H3,(H,25,27)/t16-/m1/s1. The van der Waals surface area contributed by atoms with Gasteiger partial charge in [-0.3, -0.25) is 14.4 Å². The summed E-state index contributed by atoms with van der Waals surface area (Å²) >= 11 is 0. The van der Waals surface area contributed by atoms with Crippen LogP contribution in [-0.4, -0.2) is 36.2 Å². The van der Waals surface area contributed by atoms with Crippen LogP contribution in [0.5, 0.6) is 0 Å². The molecule has 2 aromatic carbocycles. The molecule has 1 aliphatic heterocycles. The van der Waals surface area contributed by atoms with E-state index in [0.29, 0.717) is 36.3 Å². The molecular weight excluding hydrogens is 396 g/mol. The number of anilines is 2. The molecule has 7 nitrogen and oxygen atoms in total. The third-order valence-electron chi connectivity index (χ3n) is 5.05. The van der Waals surface area contributed by atoms with Crippen LogP contribution < -0.4 is 10.2 Å². The summed E-state index contributed by atoms with van der Waals surface area (Å²) in [6, 6.07) is 13.1. The molecule has 0 unspecified atom stereocenters. The lowest BCUT2D eigenvalue weighted by Gasteiger charge is -2.17. The van der Waals surface area contributed by atoms with Gasteiger partial charge in [-0.1, -0.05) is 13.0 Å². The maximum atomic E-state index is 12.6. The number of hydrogen-bond acceptors (Lipinski definition) is 5. The van der Waals surface area contributed by atoms with E-state index in [1.807, 2.05) is 6.92 Å². The van der Waals surface area contributed by atoms with Crippen LogP contribution in [0.15, 0.2) is 48.5 Å². The molecule has 1 fully saturated rings. The van der Waals surface area contributed by atoms with E-state index in [0.717, 1.165) is 12.8 Å². The van der Waals surface area contributed by atoms with Gasteiger partial charge in [-0.2, -0.15) is 0 Å². The van der Waals surface area contributed by atoms with Gasteiger partial charge < -0.3 is 15.0 Å². The number of carbonyl (C=O) groups is 4. The van der Waals surface area contributed by atoms with E-state index in [1.54, 1.807) is 53.4 Å². The van der Waals surface area contributed by atoms with Crippen LogP contribution in [0.4, 0.5) is 11.4 Å². The largest absolute Gasteiger partial charge is 0.451 e. The van der Waals surface area contributed by atoms with Gasteiger partial charge in [0.2, 0.25) is 17.6 Å². The fourth-order valence-electron chi connectivity index (χ4n) is 3.41. The third kappa shape index (κ3) is 5.57. The van der Waals surface area contributed by atoms with Gasteiger partial charge in [0.05, 0.1) is 5.56 Å². The van der Waals surface area contributed by atoms with Crippen molar-refractivity contribution >= 4 is 34.9 Å². The number of nitrogens with zero attached hydrogens (tertiary/aromatic N) is 1. The molecule has 0 aromatic heterocycles. The molecule has 162 valence electrons. The highest BCUT2D eigenvalue weighted by atomic mass is 16.5. The van der Waals surface area contributed by atoms with E-state index in [1.165, 1.54) is 6.92 Å². The highest BCUT2D eigenvalue weighted by molar-refractivity contribution is 6.02. The number of amides is 2. The number of benzene rings is 2. The van der Waals surface area contributed by atoms with Gasteiger partial charge in [0.25, 0.3) is 0 Å². The summed E-state index contributed by atoms with van der Waals surface area (Å²) in [7, 11) is 0. The number of ether oxygens (including phenoxy) is 1. The predicted molar refractivity (Wildman–Crippen MR) is 117 cm³/mol. The lowest BCUT2D eigenvalue weighted by molar-refractivity contribution is -0.117. The minimum atomic E-state index is -0.981. The van der Waals surface area contributed by atoms with Gasteiger partial charge in [-0.25, -0.2) is 4.79 Å². The monoisotopic (exact) mass is 422 g/mol. The summed E-state index contributed by atoms with van der Waals surface area (Å²) in [6.45, 7) is 4.07. The highest BCUT2D eigenvalue weighted by Crippen LogP contribution is 2.23. The van der Waals surface area contributed by atoms with Gasteiger partial charge in [-0.05, 0) is 62.2 Å². The van der Waals surface area contributed by atoms with E-state index < -0.39 is 12.1 Å². The maximum absolute atomic E-state index is 12.6. The number of carbonyl (C=O) groups excluding carboxylic acids is 4. The van der Waals surface area contributed by atoms with Crippen molar-refractivity contribution in [1.29, 1.82) is 0 Å². The molecule has 1 aliphatic rings. The van der Waals surface area contributed by atoms with Gasteiger partial charge in [0.15, 0.2) is 6.10 Å². The summed E-state index contributed by atoms with van der Waals surface area (Å²) in [4.78, 5) is 50.4. The molecule has 3 rings (SSSR count). The van der Waals surface area contributed by atoms with E-state index >= 15 is 0 Å². The third-order valence-corrected chi connectivity index (χ3v) is 5.05. The molecular formula is C24H26N2O5. The van der Waals surface area contributed by atoms with Crippen LogP contribution in [0.3, 0.4) is 0 Å². The van der Waals surface area contributed by atoms with Crippen LogP contribution in [-0.2, 0) is 14.3 Å². The summed E-state index contributed by atoms with van der Waals surface area (Å²) in [5.74, 6) is -1.02. The second kappa shape index (κ2) is 10.0.